The summed E-state index contributed by atoms with van der Waals surface area (Å²) in [6.07, 6.45) is 5.12. The van der Waals surface area contributed by atoms with E-state index in [4.69, 9.17) is 14.9 Å². The minimum Gasteiger partial charge on any atom is -0.486 e. The van der Waals surface area contributed by atoms with E-state index >= 15 is 0 Å². The van der Waals surface area contributed by atoms with E-state index in [1.54, 1.807) is 6.20 Å². The smallest absolute Gasteiger partial charge is 0.387 e. The highest BCUT2D eigenvalue weighted by Gasteiger charge is 2.28. The first-order valence-corrected chi connectivity index (χ1v) is 10.7. The van der Waals surface area contributed by atoms with Crippen LogP contribution in [-0.4, -0.2) is 56.2 Å². The number of anilines is 1. The molecular formula is C20H23F3N4O4S. The maximum absolute atomic E-state index is 12.9. The van der Waals surface area contributed by atoms with E-state index in [0.29, 0.717) is 4.88 Å². The van der Waals surface area contributed by atoms with Gasteiger partial charge in [-0.1, -0.05) is 11.3 Å². The zero-order valence-electron chi connectivity index (χ0n) is 17.2. The highest BCUT2D eigenvalue weighted by molar-refractivity contribution is 7.17. The van der Waals surface area contributed by atoms with Gasteiger partial charge in [0.25, 0.3) is 0 Å². The summed E-state index contributed by atoms with van der Waals surface area (Å²) >= 11 is 1.42. The molecule has 1 saturated heterocycles. The van der Waals surface area contributed by atoms with Gasteiger partial charge in [0.1, 0.15) is 10.7 Å². The van der Waals surface area contributed by atoms with Crippen LogP contribution in [0, 0.1) is 11.2 Å². The van der Waals surface area contributed by atoms with Gasteiger partial charge in [-0.15, -0.1) is 0 Å². The largest absolute Gasteiger partial charge is 0.486 e. The molecule has 1 aromatic heterocycles. The fourth-order valence-corrected chi connectivity index (χ4v) is 3.75. The maximum atomic E-state index is 12.9. The summed E-state index contributed by atoms with van der Waals surface area (Å²) in [6, 6.07) is 3.49. The zero-order valence-corrected chi connectivity index (χ0v) is 18.0. The van der Waals surface area contributed by atoms with Gasteiger partial charge in [0.2, 0.25) is 12.3 Å². The van der Waals surface area contributed by atoms with Crippen molar-refractivity contribution in [1.82, 2.24) is 10.3 Å². The first-order chi connectivity index (χ1) is 15.4. The van der Waals surface area contributed by atoms with Crippen LogP contribution in [0.1, 0.15) is 24.1 Å². The average molecular weight is 472 g/mol. The number of aromatic nitrogens is 1. The van der Waals surface area contributed by atoms with Crippen LogP contribution in [0.15, 0.2) is 24.4 Å². The molecule has 12 heteroatoms. The van der Waals surface area contributed by atoms with Crippen LogP contribution in [0.3, 0.4) is 0 Å². The summed E-state index contributed by atoms with van der Waals surface area (Å²) in [5.74, 6) is -0.476. The van der Waals surface area contributed by atoms with Gasteiger partial charge in [-0.3, -0.25) is 10.2 Å². The van der Waals surface area contributed by atoms with Crippen LogP contribution in [0.2, 0.25) is 0 Å². The molecule has 174 valence electrons. The van der Waals surface area contributed by atoms with Crippen LogP contribution >= 0.6 is 11.3 Å². The van der Waals surface area contributed by atoms with E-state index in [9.17, 15) is 18.0 Å². The molecular weight excluding hydrogens is 449 g/mol. The van der Waals surface area contributed by atoms with Gasteiger partial charge in [0.05, 0.1) is 25.5 Å². The van der Waals surface area contributed by atoms with Gasteiger partial charge < -0.3 is 24.4 Å². The second kappa shape index (κ2) is 11.0. The number of alkyl halides is 2. The molecule has 2 fully saturated rings. The first kappa shape index (κ1) is 23.6. The number of hydrogen-bond acceptors (Lipinski definition) is 8. The second-order valence-electron chi connectivity index (χ2n) is 7.07. The molecule has 0 atom stereocenters. The zero-order chi connectivity index (χ0) is 23.1. The van der Waals surface area contributed by atoms with E-state index in [-0.39, 0.29) is 29.5 Å². The Labute approximate surface area is 186 Å². The van der Waals surface area contributed by atoms with Crippen molar-refractivity contribution in [3.63, 3.8) is 0 Å². The Hall–Kier alpha value is -3.02. The standard InChI is InChI=1S/C11H11F3O2.C9H12N4O2S/c12-7-4-5-9(16-11(13)14)10(6-7)15-8-2-1-3-8;1-15-8(10)7-2-11-9(16-7)13-3-6(4-13)12-5-14/h4-6,8,11H,1-3H2;2,5-6,10H,3-4H2,1H3,(H,12,14). The van der Waals surface area contributed by atoms with Crippen LogP contribution in [-0.2, 0) is 9.53 Å². The normalized spacial score (nSPS) is 15.7. The molecule has 2 aliphatic rings. The van der Waals surface area contributed by atoms with E-state index in [2.05, 4.69) is 19.9 Å². The van der Waals surface area contributed by atoms with Crippen molar-refractivity contribution in [3.05, 3.63) is 35.1 Å². The lowest BCUT2D eigenvalue weighted by Gasteiger charge is -2.38. The molecule has 1 saturated carbocycles. The van der Waals surface area contributed by atoms with Crippen LogP contribution < -0.4 is 19.7 Å². The topological polar surface area (TPSA) is 96.8 Å². The summed E-state index contributed by atoms with van der Waals surface area (Å²) in [7, 11) is 1.47. The van der Waals surface area contributed by atoms with Crippen molar-refractivity contribution < 1.29 is 32.2 Å². The van der Waals surface area contributed by atoms with E-state index < -0.39 is 12.4 Å². The van der Waals surface area contributed by atoms with Crippen LogP contribution in [0.4, 0.5) is 18.3 Å². The molecule has 2 heterocycles. The number of thiazole rings is 1. The second-order valence-corrected chi connectivity index (χ2v) is 8.08. The highest BCUT2D eigenvalue weighted by Crippen LogP contribution is 2.33. The van der Waals surface area contributed by atoms with Gasteiger partial charge in [0.15, 0.2) is 16.6 Å². The van der Waals surface area contributed by atoms with Crippen LogP contribution in [0.5, 0.6) is 11.5 Å². The quantitative estimate of drug-likeness (QED) is 0.347. The molecule has 4 rings (SSSR count). The SMILES string of the molecule is COC(=N)c1cnc(N2CC(NC=O)C2)s1.Fc1ccc(OC(F)F)c(OC2CCC2)c1. The molecule has 2 aromatic rings. The Morgan fingerprint density at radius 1 is 1.34 bits per heavy atom. The predicted octanol–water partition coefficient (Wildman–Crippen LogP) is 3.41. The summed E-state index contributed by atoms with van der Waals surface area (Å²) in [5, 5.41) is 11.1. The third-order valence-corrected chi connectivity index (χ3v) is 5.90. The number of benzene rings is 1. The number of hydrogen-bond donors (Lipinski definition) is 2. The number of carbonyl (C=O) groups is 1. The van der Waals surface area contributed by atoms with Crippen molar-refractivity contribution in [2.24, 2.45) is 0 Å². The van der Waals surface area contributed by atoms with Gasteiger partial charge in [-0.2, -0.15) is 8.78 Å². The minimum atomic E-state index is -2.94. The summed E-state index contributed by atoms with van der Waals surface area (Å²) in [4.78, 5) is 17.2. The minimum absolute atomic E-state index is 0.0122. The summed E-state index contributed by atoms with van der Waals surface area (Å²) in [5.41, 5.74) is 0. The fraction of sp³-hybridized carbons (Fsp3) is 0.450. The van der Waals surface area contributed by atoms with Gasteiger partial charge in [0, 0.05) is 19.2 Å². The van der Waals surface area contributed by atoms with Crippen molar-refractivity contribution in [2.45, 2.75) is 38.0 Å². The molecule has 1 aliphatic heterocycles. The number of nitrogens with zero attached hydrogens (tertiary/aromatic N) is 2. The molecule has 1 aliphatic carbocycles. The first-order valence-electron chi connectivity index (χ1n) is 9.84. The number of methoxy groups -OCH3 is 1. The Balaban J connectivity index is 0.000000181. The third-order valence-electron chi connectivity index (χ3n) is 4.84. The molecule has 2 N–H and O–H groups in total. The Morgan fingerprint density at radius 3 is 2.69 bits per heavy atom. The van der Waals surface area contributed by atoms with Gasteiger partial charge in [-0.05, 0) is 31.4 Å². The van der Waals surface area contributed by atoms with E-state index in [0.717, 1.165) is 62.1 Å². The van der Waals surface area contributed by atoms with Gasteiger partial charge in [-0.25, -0.2) is 9.37 Å². The van der Waals surface area contributed by atoms with Crippen molar-refractivity contribution in [2.75, 3.05) is 25.1 Å². The van der Waals surface area contributed by atoms with Crippen molar-refractivity contribution in [1.29, 1.82) is 5.41 Å². The lowest BCUT2D eigenvalue weighted by atomic mass is 9.96. The van der Waals surface area contributed by atoms with Crippen LogP contribution in [0.25, 0.3) is 0 Å². The number of halogens is 3. The number of nitrogens with one attached hydrogen (secondary N) is 2. The highest BCUT2D eigenvalue weighted by atomic mass is 32.1. The Bertz CT molecular complexity index is 920. The lowest BCUT2D eigenvalue weighted by molar-refractivity contribution is -0.110. The number of amides is 1. The number of ether oxygens (including phenoxy) is 3. The van der Waals surface area contributed by atoms with Gasteiger partial charge >= 0.3 is 6.61 Å². The third kappa shape index (κ3) is 6.25. The monoisotopic (exact) mass is 472 g/mol. The molecule has 0 unspecified atom stereocenters. The average Bonchev–Trinajstić information content (AvgIpc) is 3.18. The fourth-order valence-electron chi connectivity index (χ4n) is 2.89. The number of carbonyl (C=O) groups excluding carboxylic acids is 1. The number of rotatable bonds is 8. The molecule has 1 amide bonds. The predicted molar refractivity (Wildman–Crippen MR) is 112 cm³/mol. The molecule has 32 heavy (non-hydrogen) atoms. The van der Waals surface area contributed by atoms with Crippen molar-refractivity contribution in [3.8, 4) is 11.5 Å². The molecule has 0 radical (unpaired) electrons. The van der Waals surface area contributed by atoms with Crippen molar-refractivity contribution >= 4 is 28.8 Å². The maximum Gasteiger partial charge on any atom is 0.387 e. The lowest BCUT2D eigenvalue weighted by Crippen LogP contribution is -2.57. The Morgan fingerprint density at radius 2 is 2.09 bits per heavy atom. The molecule has 0 bridgehead atoms. The summed E-state index contributed by atoms with van der Waals surface area (Å²) < 4.78 is 51.5. The molecule has 1 aromatic carbocycles. The van der Waals surface area contributed by atoms with E-state index in [1.165, 1.54) is 18.4 Å². The van der Waals surface area contributed by atoms with E-state index in [1.807, 2.05) is 0 Å². The molecule has 8 nitrogen and oxygen atoms in total. The molecule has 0 spiro atoms. The summed E-state index contributed by atoms with van der Waals surface area (Å²) in [6.45, 7) is -1.40. The Kier molecular flexibility index (Phi) is 8.14.